The van der Waals surface area contributed by atoms with Gasteiger partial charge in [-0.15, -0.1) is 0 Å². The Kier molecular flexibility index (Phi) is 4.18. The summed E-state index contributed by atoms with van der Waals surface area (Å²) in [6.45, 7) is 2.06. The molecule has 0 aliphatic heterocycles. The molecule has 0 spiro atoms. The van der Waals surface area contributed by atoms with Gasteiger partial charge in [-0.2, -0.15) is 4.98 Å². The van der Waals surface area contributed by atoms with Crippen LogP contribution < -0.4 is 0 Å². The van der Waals surface area contributed by atoms with Gasteiger partial charge in [0.05, 0.1) is 4.83 Å². The second-order valence-corrected chi connectivity index (χ2v) is 5.27. The molecule has 1 atom stereocenters. The summed E-state index contributed by atoms with van der Waals surface area (Å²) in [5.41, 5.74) is 1.08. The number of aromatic nitrogens is 2. The lowest BCUT2D eigenvalue weighted by Crippen LogP contribution is -1.92. The highest BCUT2D eigenvalue weighted by molar-refractivity contribution is 9.09. The predicted octanol–water partition coefficient (Wildman–Crippen LogP) is 4.16. The van der Waals surface area contributed by atoms with Crippen molar-refractivity contribution in [1.82, 2.24) is 10.1 Å². The molecule has 2 aromatic rings. The molecule has 0 aliphatic rings. The van der Waals surface area contributed by atoms with Crippen LogP contribution in [0.5, 0.6) is 0 Å². The molecule has 3 nitrogen and oxygen atoms in total. The third-order valence-electron chi connectivity index (χ3n) is 2.36. The number of benzene rings is 1. The third-order valence-corrected chi connectivity index (χ3v) is 3.64. The van der Waals surface area contributed by atoms with E-state index in [0.29, 0.717) is 18.1 Å². The van der Waals surface area contributed by atoms with Crippen LogP contribution in [0.3, 0.4) is 0 Å². The molecule has 5 heteroatoms. The standard InChI is InChI=1S/C12H12BrClN2O/c1-2-10(13)12-15-11(16-17-12)7-8-4-3-5-9(14)6-8/h3-6,10H,2,7H2,1H3. The minimum absolute atomic E-state index is 0.128. The molecule has 2 rings (SSSR count). The highest BCUT2D eigenvalue weighted by Gasteiger charge is 2.13. The predicted molar refractivity (Wildman–Crippen MR) is 70.5 cm³/mol. The molecule has 1 unspecified atom stereocenters. The van der Waals surface area contributed by atoms with Crippen LogP contribution in [0.4, 0.5) is 0 Å². The summed E-state index contributed by atoms with van der Waals surface area (Å²) in [4.78, 5) is 4.47. The Morgan fingerprint density at radius 2 is 2.29 bits per heavy atom. The lowest BCUT2D eigenvalue weighted by molar-refractivity contribution is 0.372. The maximum absolute atomic E-state index is 5.92. The lowest BCUT2D eigenvalue weighted by Gasteiger charge is -1.98. The van der Waals surface area contributed by atoms with E-state index in [2.05, 4.69) is 33.0 Å². The highest BCUT2D eigenvalue weighted by Crippen LogP contribution is 2.24. The smallest absolute Gasteiger partial charge is 0.240 e. The van der Waals surface area contributed by atoms with Crippen LogP contribution in [0.1, 0.15) is 35.5 Å². The van der Waals surface area contributed by atoms with Gasteiger partial charge >= 0.3 is 0 Å². The zero-order valence-corrected chi connectivity index (χ0v) is 11.7. The fraction of sp³-hybridized carbons (Fsp3) is 0.333. The van der Waals surface area contributed by atoms with Crippen molar-refractivity contribution in [2.24, 2.45) is 0 Å². The monoisotopic (exact) mass is 314 g/mol. The first-order chi connectivity index (χ1) is 8.19. The van der Waals surface area contributed by atoms with Crippen LogP contribution in [0, 0.1) is 0 Å². The van der Waals surface area contributed by atoms with E-state index in [1.54, 1.807) is 0 Å². The summed E-state index contributed by atoms with van der Waals surface area (Å²) in [5.74, 6) is 1.31. The summed E-state index contributed by atoms with van der Waals surface area (Å²) >= 11 is 9.40. The molecule has 0 radical (unpaired) electrons. The van der Waals surface area contributed by atoms with Gasteiger partial charge in [-0.3, -0.25) is 0 Å². The van der Waals surface area contributed by atoms with Gasteiger partial charge in [0.1, 0.15) is 0 Å². The molecule has 0 saturated carbocycles. The van der Waals surface area contributed by atoms with Crippen molar-refractivity contribution in [3.05, 3.63) is 46.6 Å². The van der Waals surface area contributed by atoms with E-state index < -0.39 is 0 Å². The third kappa shape index (κ3) is 3.30. The molecular formula is C12H12BrClN2O. The van der Waals surface area contributed by atoms with E-state index in [-0.39, 0.29) is 4.83 Å². The first-order valence-corrected chi connectivity index (χ1v) is 6.69. The number of hydrogen-bond acceptors (Lipinski definition) is 3. The van der Waals surface area contributed by atoms with Crippen LogP contribution in [-0.2, 0) is 6.42 Å². The van der Waals surface area contributed by atoms with Crippen molar-refractivity contribution in [1.29, 1.82) is 0 Å². The second kappa shape index (κ2) is 5.65. The first-order valence-electron chi connectivity index (χ1n) is 5.40. The number of alkyl halides is 1. The zero-order valence-electron chi connectivity index (χ0n) is 9.36. The van der Waals surface area contributed by atoms with Gasteiger partial charge in [-0.1, -0.05) is 51.7 Å². The number of nitrogens with zero attached hydrogens (tertiary/aromatic N) is 2. The van der Waals surface area contributed by atoms with Crippen molar-refractivity contribution in [3.8, 4) is 0 Å². The van der Waals surface area contributed by atoms with Crippen LogP contribution in [0.15, 0.2) is 28.8 Å². The number of halogens is 2. The molecule has 1 heterocycles. The zero-order chi connectivity index (χ0) is 12.3. The molecule has 90 valence electrons. The van der Waals surface area contributed by atoms with E-state index in [4.69, 9.17) is 16.1 Å². The van der Waals surface area contributed by atoms with E-state index in [9.17, 15) is 0 Å². The molecule has 17 heavy (non-hydrogen) atoms. The van der Waals surface area contributed by atoms with E-state index in [1.807, 2.05) is 24.3 Å². The molecular weight excluding hydrogens is 304 g/mol. The summed E-state index contributed by atoms with van der Waals surface area (Å²) in [5, 5.41) is 4.67. The Hall–Kier alpha value is -0.870. The van der Waals surface area contributed by atoms with Gasteiger partial charge in [-0.05, 0) is 24.1 Å². The maximum atomic E-state index is 5.92. The van der Waals surface area contributed by atoms with Crippen LogP contribution in [-0.4, -0.2) is 10.1 Å². The average molecular weight is 316 g/mol. The van der Waals surface area contributed by atoms with E-state index >= 15 is 0 Å². The van der Waals surface area contributed by atoms with E-state index in [1.165, 1.54) is 0 Å². The summed E-state index contributed by atoms with van der Waals surface area (Å²) in [6, 6.07) is 7.66. The van der Waals surface area contributed by atoms with Gasteiger partial charge in [0, 0.05) is 11.4 Å². The highest BCUT2D eigenvalue weighted by atomic mass is 79.9. The quantitative estimate of drug-likeness (QED) is 0.795. The Balaban J connectivity index is 2.11. The normalized spacial score (nSPS) is 12.6. The van der Waals surface area contributed by atoms with Gasteiger partial charge < -0.3 is 4.52 Å². The largest absolute Gasteiger partial charge is 0.338 e. The van der Waals surface area contributed by atoms with Crippen molar-refractivity contribution in [2.45, 2.75) is 24.6 Å². The van der Waals surface area contributed by atoms with Gasteiger partial charge in [-0.25, -0.2) is 0 Å². The first kappa shape index (κ1) is 12.6. The van der Waals surface area contributed by atoms with Crippen molar-refractivity contribution < 1.29 is 4.52 Å². The Morgan fingerprint density at radius 3 is 3.00 bits per heavy atom. The second-order valence-electron chi connectivity index (χ2n) is 3.73. The molecule has 1 aromatic heterocycles. The Morgan fingerprint density at radius 1 is 1.47 bits per heavy atom. The molecule has 0 aliphatic carbocycles. The fourth-order valence-electron chi connectivity index (χ4n) is 1.47. The van der Waals surface area contributed by atoms with Gasteiger partial charge in [0.2, 0.25) is 5.89 Å². The molecule has 0 amide bonds. The maximum Gasteiger partial charge on any atom is 0.240 e. The van der Waals surface area contributed by atoms with Crippen molar-refractivity contribution in [2.75, 3.05) is 0 Å². The van der Waals surface area contributed by atoms with Crippen molar-refractivity contribution >= 4 is 27.5 Å². The Labute approximate surface area is 113 Å². The van der Waals surface area contributed by atoms with Crippen LogP contribution in [0.25, 0.3) is 0 Å². The fourth-order valence-corrected chi connectivity index (χ4v) is 1.87. The SMILES string of the molecule is CCC(Br)c1nc(Cc2cccc(Cl)c2)no1. The van der Waals surface area contributed by atoms with Gasteiger partial charge in [0.25, 0.3) is 0 Å². The number of rotatable bonds is 4. The minimum Gasteiger partial charge on any atom is -0.338 e. The molecule has 1 aromatic carbocycles. The molecule has 0 bridgehead atoms. The Bertz CT molecular complexity index is 501. The molecule has 0 saturated heterocycles. The summed E-state index contributed by atoms with van der Waals surface area (Å²) in [7, 11) is 0. The lowest BCUT2D eigenvalue weighted by atomic mass is 10.1. The average Bonchev–Trinajstić information content (AvgIpc) is 2.76. The molecule has 0 fully saturated rings. The van der Waals surface area contributed by atoms with Gasteiger partial charge in [0.15, 0.2) is 5.82 Å². The summed E-state index contributed by atoms with van der Waals surface area (Å²) < 4.78 is 5.18. The summed E-state index contributed by atoms with van der Waals surface area (Å²) in [6.07, 6.45) is 1.55. The van der Waals surface area contributed by atoms with Crippen LogP contribution >= 0.6 is 27.5 Å². The minimum atomic E-state index is 0.128. The molecule has 0 N–H and O–H groups in total. The van der Waals surface area contributed by atoms with E-state index in [0.717, 1.165) is 17.0 Å². The number of hydrogen-bond donors (Lipinski definition) is 0. The van der Waals surface area contributed by atoms with Crippen molar-refractivity contribution in [3.63, 3.8) is 0 Å². The topological polar surface area (TPSA) is 38.9 Å². The van der Waals surface area contributed by atoms with Crippen LogP contribution in [0.2, 0.25) is 5.02 Å².